The average molecular weight is 230 g/mol. The van der Waals surface area contributed by atoms with Gasteiger partial charge in [0.25, 0.3) is 0 Å². The van der Waals surface area contributed by atoms with Crippen molar-refractivity contribution in [2.45, 2.75) is 39.2 Å². The first kappa shape index (κ1) is 13.3. The Morgan fingerprint density at radius 2 is 2.07 bits per heavy atom. The molecule has 1 aliphatic heterocycles. The highest BCUT2D eigenvalue weighted by molar-refractivity contribution is 7.99. The standard InChI is InChI=1S/C12H26N2S/c1-3-15-11-6-12(2)13-7-10-14-8-4-5-9-14/h12-13H,3-11H2,1-2H3. The van der Waals surface area contributed by atoms with Crippen LogP contribution in [0.2, 0.25) is 0 Å². The van der Waals surface area contributed by atoms with Crippen LogP contribution in [0.1, 0.15) is 33.1 Å². The second-order valence-electron chi connectivity index (χ2n) is 4.39. The van der Waals surface area contributed by atoms with Crippen LogP contribution in [0.15, 0.2) is 0 Å². The maximum absolute atomic E-state index is 3.61. The third kappa shape index (κ3) is 6.44. The van der Waals surface area contributed by atoms with Crippen molar-refractivity contribution in [3.8, 4) is 0 Å². The highest BCUT2D eigenvalue weighted by Crippen LogP contribution is 2.06. The van der Waals surface area contributed by atoms with E-state index in [9.17, 15) is 0 Å². The Hall–Kier alpha value is 0.270. The molecule has 15 heavy (non-hydrogen) atoms. The highest BCUT2D eigenvalue weighted by Gasteiger charge is 2.10. The van der Waals surface area contributed by atoms with E-state index in [1.807, 2.05) is 11.8 Å². The van der Waals surface area contributed by atoms with Crippen molar-refractivity contribution in [1.29, 1.82) is 0 Å². The van der Waals surface area contributed by atoms with Gasteiger partial charge in [0.05, 0.1) is 0 Å². The molecule has 1 N–H and O–H groups in total. The van der Waals surface area contributed by atoms with Crippen LogP contribution in [-0.2, 0) is 0 Å². The fraction of sp³-hybridized carbons (Fsp3) is 1.00. The van der Waals surface area contributed by atoms with Crippen molar-refractivity contribution in [2.75, 3.05) is 37.7 Å². The van der Waals surface area contributed by atoms with Gasteiger partial charge in [-0.2, -0.15) is 11.8 Å². The molecule has 0 spiro atoms. The van der Waals surface area contributed by atoms with Crippen LogP contribution in [-0.4, -0.2) is 48.6 Å². The van der Waals surface area contributed by atoms with E-state index in [2.05, 4.69) is 24.1 Å². The fourth-order valence-corrected chi connectivity index (χ4v) is 2.79. The summed E-state index contributed by atoms with van der Waals surface area (Å²) in [7, 11) is 0. The Labute approximate surface area is 99.2 Å². The zero-order valence-electron chi connectivity index (χ0n) is 10.3. The van der Waals surface area contributed by atoms with E-state index in [0.29, 0.717) is 6.04 Å². The Balaban J connectivity index is 1.89. The van der Waals surface area contributed by atoms with Gasteiger partial charge in [-0.25, -0.2) is 0 Å². The SMILES string of the molecule is CCSCCC(C)NCCN1CCCC1. The first-order valence-electron chi connectivity index (χ1n) is 6.36. The van der Waals surface area contributed by atoms with E-state index in [4.69, 9.17) is 0 Å². The third-order valence-corrected chi connectivity index (χ3v) is 3.95. The second-order valence-corrected chi connectivity index (χ2v) is 5.78. The van der Waals surface area contributed by atoms with E-state index in [1.54, 1.807) is 0 Å². The van der Waals surface area contributed by atoms with E-state index in [-0.39, 0.29) is 0 Å². The summed E-state index contributed by atoms with van der Waals surface area (Å²) in [6.07, 6.45) is 4.11. The summed E-state index contributed by atoms with van der Waals surface area (Å²) >= 11 is 2.04. The molecule has 1 rings (SSSR count). The van der Waals surface area contributed by atoms with Gasteiger partial charge in [0.15, 0.2) is 0 Å². The minimum atomic E-state index is 0.687. The topological polar surface area (TPSA) is 15.3 Å². The van der Waals surface area contributed by atoms with Crippen molar-refractivity contribution < 1.29 is 0 Å². The van der Waals surface area contributed by atoms with E-state index >= 15 is 0 Å². The average Bonchev–Trinajstić information content (AvgIpc) is 2.71. The molecule has 90 valence electrons. The van der Waals surface area contributed by atoms with Crippen molar-refractivity contribution in [2.24, 2.45) is 0 Å². The molecule has 1 unspecified atom stereocenters. The third-order valence-electron chi connectivity index (χ3n) is 3.02. The molecule has 0 aromatic rings. The molecule has 0 aliphatic carbocycles. The van der Waals surface area contributed by atoms with Gasteiger partial charge in [-0.15, -0.1) is 0 Å². The van der Waals surface area contributed by atoms with Crippen LogP contribution in [0.3, 0.4) is 0 Å². The highest BCUT2D eigenvalue weighted by atomic mass is 32.2. The lowest BCUT2D eigenvalue weighted by Gasteiger charge is -2.18. The monoisotopic (exact) mass is 230 g/mol. The summed E-state index contributed by atoms with van der Waals surface area (Å²) in [4.78, 5) is 2.57. The van der Waals surface area contributed by atoms with Crippen LogP contribution in [0.5, 0.6) is 0 Å². The molecule has 1 fully saturated rings. The summed E-state index contributed by atoms with van der Waals surface area (Å²) in [6.45, 7) is 9.59. The quantitative estimate of drug-likeness (QED) is 0.644. The van der Waals surface area contributed by atoms with Crippen molar-refractivity contribution in [3.05, 3.63) is 0 Å². The van der Waals surface area contributed by atoms with Crippen LogP contribution in [0, 0.1) is 0 Å². The first-order chi connectivity index (χ1) is 7.33. The van der Waals surface area contributed by atoms with Gasteiger partial charge in [0, 0.05) is 19.1 Å². The van der Waals surface area contributed by atoms with Gasteiger partial charge in [0.2, 0.25) is 0 Å². The maximum atomic E-state index is 3.61. The molecule has 2 nitrogen and oxygen atoms in total. The Morgan fingerprint density at radius 3 is 2.73 bits per heavy atom. The molecule has 0 bridgehead atoms. The van der Waals surface area contributed by atoms with Crippen LogP contribution < -0.4 is 5.32 Å². The van der Waals surface area contributed by atoms with Gasteiger partial charge >= 0.3 is 0 Å². The maximum Gasteiger partial charge on any atom is 0.0107 e. The number of thioether (sulfide) groups is 1. The Bertz CT molecular complexity index is 147. The summed E-state index contributed by atoms with van der Waals surface area (Å²) in [5.41, 5.74) is 0. The molecule has 0 amide bonds. The molecule has 0 aromatic carbocycles. The zero-order valence-corrected chi connectivity index (χ0v) is 11.1. The van der Waals surface area contributed by atoms with Gasteiger partial charge in [-0.1, -0.05) is 6.92 Å². The predicted molar refractivity (Wildman–Crippen MR) is 70.8 cm³/mol. The summed E-state index contributed by atoms with van der Waals surface area (Å²) in [6, 6.07) is 0.687. The molecule has 1 saturated heterocycles. The number of hydrogen-bond acceptors (Lipinski definition) is 3. The number of nitrogens with one attached hydrogen (secondary N) is 1. The Morgan fingerprint density at radius 1 is 1.33 bits per heavy atom. The van der Waals surface area contributed by atoms with Gasteiger partial charge in [-0.05, 0) is 50.8 Å². The lowest BCUT2D eigenvalue weighted by Crippen LogP contribution is -2.35. The summed E-state index contributed by atoms with van der Waals surface area (Å²) in [5, 5.41) is 3.61. The molecular weight excluding hydrogens is 204 g/mol. The molecular formula is C12H26N2S. The van der Waals surface area contributed by atoms with Crippen molar-refractivity contribution in [1.82, 2.24) is 10.2 Å². The molecule has 1 aliphatic rings. The number of hydrogen-bond donors (Lipinski definition) is 1. The fourth-order valence-electron chi connectivity index (χ4n) is 1.98. The van der Waals surface area contributed by atoms with Crippen LogP contribution >= 0.6 is 11.8 Å². The summed E-state index contributed by atoms with van der Waals surface area (Å²) < 4.78 is 0. The van der Waals surface area contributed by atoms with Crippen LogP contribution in [0.4, 0.5) is 0 Å². The zero-order chi connectivity index (χ0) is 10.9. The van der Waals surface area contributed by atoms with Gasteiger partial charge in [-0.3, -0.25) is 0 Å². The smallest absolute Gasteiger partial charge is 0.0107 e. The number of rotatable bonds is 8. The number of likely N-dealkylation sites (tertiary alicyclic amines) is 1. The van der Waals surface area contributed by atoms with Crippen molar-refractivity contribution in [3.63, 3.8) is 0 Å². The first-order valence-corrected chi connectivity index (χ1v) is 7.52. The Kier molecular flexibility index (Phi) is 7.49. The van der Waals surface area contributed by atoms with Crippen molar-refractivity contribution >= 4 is 11.8 Å². The van der Waals surface area contributed by atoms with E-state index in [0.717, 1.165) is 6.54 Å². The number of nitrogens with zero attached hydrogens (tertiary/aromatic N) is 1. The minimum Gasteiger partial charge on any atom is -0.313 e. The predicted octanol–water partition coefficient (Wildman–Crippen LogP) is 2.20. The minimum absolute atomic E-state index is 0.687. The molecule has 0 aromatic heterocycles. The lowest BCUT2D eigenvalue weighted by molar-refractivity contribution is 0.328. The van der Waals surface area contributed by atoms with Crippen LogP contribution in [0.25, 0.3) is 0 Å². The lowest BCUT2D eigenvalue weighted by atomic mass is 10.2. The molecule has 0 saturated carbocycles. The van der Waals surface area contributed by atoms with Gasteiger partial charge < -0.3 is 10.2 Å². The van der Waals surface area contributed by atoms with E-state index < -0.39 is 0 Å². The normalized spacial score (nSPS) is 19.6. The molecule has 1 atom stereocenters. The summed E-state index contributed by atoms with van der Waals surface area (Å²) in [5.74, 6) is 2.55. The molecule has 1 heterocycles. The second kappa shape index (κ2) is 8.43. The molecule has 3 heteroatoms. The molecule has 0 radical (unpaired) electrons. The van der Waals surface area contributed by atoms with Gasteiger partial charge in [0.1, 0.15) is 0 Å². The van der Waals surface area contributed by atoms with E-state index in [1.165, 1.54) is 50.4 Å². The largest absolute Gasteiger partial charge is 0.313 e.